The minimum absolute atomic E-state index is 0.254. The van der Waals surface area contributed by atoms with Crippen LogP contribution in [0, 0.1) is 47.3 Å². The fourth-order valence-electron chi connectivity index (χ4n) is 7.05. The number of aliphatic imine (C=N–C) groups is 2. The van der Waals surface area contributed by atoms with E-state index in [1.165, 1.54) is 16.6 Å². The Hall–Kier alpha value is 1.55. The van der Waals surface area contributed by atoms with Gasteiger partial charge in [-0.05, 0) is 112 Å². The third-order valence-corrected chi connectivity index (χ3v) is 11.2. The first-order valence-corrected chi connectivity index (χ1v) is 25.5. The molecule has 9 heteroatoms. The second kappa shape index (κ2) is 20.0. The predicted octanol–water partition coefficient (Wildman–Crippen LogP) is 11.8. The van der Waals surface area contributed by atoms with Crippen molar-refractivity contribution in [2.75, 3.05) is 6.61 Å². The first-order valence-electron chi connectivity index (χ1n) is 16.3. The number of alkyl halides is 2. The van der Waals surface area contributed by atoms with Gasteiger partial charge >= 0.3 is 39.3 Å². The van der Waals surface area contributed by atoms with Gasteiger partial charge < -0.3 is 4.43 Å². The number of nitrogens with zero attached hydrogens (tertiary/aromatic N) is 2. The van der Waals surface area contributed by atoms with Crippen LogP contribution in [0.15, 0.2) is 9.98 Å². The van der Waals surface area contributed by atoms with Crippen molar-refractivity contribution in [3.8, 4) is 0 Å². The fraction of sp³-hybridized carbons (Fsp3) is 0.939. The van der Waals surface area contributed by atoms with Crippen LogP contribution in [-0.4, -0.2) is 49.2 Å². The Morgan fingerprint density at radius 2 is 1.07 bits per heavy atom. The summed E-state index contributed by atoms with van der Waals surface area (Å²) < 4.78 is 6.25. The van der Waals surface area contributed by atoms with Gasteiger partial charge in [0.2, 0.25) is 0 Å². The monoisotopic (exact) mass is 816 g/mol. The molecule has 0 amide bonds. The van der Waals surface area contributed by atoms with E-state index < -0.39 is 8.32 Å². The van der Waals surface area contributed by atoms with Crippen LogP contribution in [0.25, 0.3) is 0 Å². The van der Waals surface area contributed by atoms with Crippen molar-refractivity contribution in [2.24, 2.45) is 57.3 Å². The molecule has 0 heterocycles. The zero-order valence-electron chi connectivity index (χ0n) is 28.5. The molecule has 4 unspecified atom stereocenters. The number of hydrogen-bond acceptors (Lipinski definition) is 3. The molecule has 42 heavy (non-hydrogen) atoms. The molecule has 2 aliphatic rings. The molecule has 0 N–H and O–H groups in total. The molecular weight excluding hydrogens is 758 g/mol. The first kappa shape index (κ1) is 41.6. The normalized spacial score (nSPS) is 31.7. The second-order valence-corrected chi connectivity index (χ2v) is 25.9. The molecule has 252 valence electrons. The van der Waals surface area contributed by atoms with Crippen LogP contribution in [0.2, 0.25) is 19.6 Å². The molecule has 2 rings (SSSR count). The number of halogens is 4. The van der Waals surface area contributed by atoms with Gasteiger partial charge in [-0.2, -0.15) is 0 Å². The van der Waals surface area contributed by atoms with Gasteiger partial charge in [-0.1, -0.05) is 55.4 Å². The molecule has 0 bridgehead atoms. The van der Waals surface area contributed by atoms with E-state index in [1.54, 1.807) is 0 Å². The standard InChI is InChI=1S/C33H62Cl2N2OSi.2BrH.Ni/c1-20(2)27-16-25(34)17-28(21(3)4)32(27)36-24(9)31(14-13-15-38-39(10,11)12)37-33-29(22(5)6)18-26(35)19-30(33)23(7)8;;;/h20-23,25-30,32-33H,13-19H2,1-12H3;2*1H;/q;;;+2/p-2. The SMILES string of the molecule is CC(=NC1C(C(C)C)CC(Cl)CC1C(C)C)C(CCCO[Si](C)(C)C)=NC1C(C(C)C)CC(Cl)CC1C(C)C.[Br][Ni][Br]. The van der Waals surface area contributed by atoms with E-state index >= 15 is 0 Å². The van der Waals surface area contributed by atoms with Crippen molar-refractivity contribution in [3.63, 3.8) is 0 Å². The Morgan fingerprint density at radius 1 is 0.738 bits per heavy atom. The van der Waals surface area contributed by atoms with Gasteiger partial charge in [0, 0.05) is 17.4 Å². The van der Waals surface area contributed by atoms with Crippen molar-refractivity contribution in [2.45, 2.75) is 143 Å². The zero-order chi connectivity index (χ0) is 32.4. The van der Waals surface area contributed by atoms with E-state index in [0.29, 0.717) is 59.4 Å². The predicted molar refractivity (Wildman–Crippen MR) is 196 cm³/mol. The van der Waals surface area contributed by atoms with Gasteiger partial charge in [-0.25, -0.2) is 0 Å². The molecule has 0 aromatic carbocycles. The maximum atomic E-state index is 6.84. The third kappa shape index (κ3) is 14.1. The van der Waals surface area contributed by atoms with Gasteiger partial charge in [0.1, 0.15) is 0 Å². The summed E-state index contributed by atoms with van der Waals surface area (Å²) >= 11 is 19.7. The summed E-state index contributed by atoms with van der Waals surface area (Å²) in [4.78, 5) is 11.3. The van der Waals surface area contributed by atoms with Crippen molar-refractivity contribution < 1.29 is 15.3 Å². The second-order valence-electron chi connectivity index (χ2n) is 15.1. The first-order chi connectivity index (χ1) is 19.4. The van der Waals surface area contributed by atoms with Crippen LogP contribution >= 0.6 is 51.7 Å². The van der Waals surface area contributed by atoms with Gasteiger partial charge in [0.05, 0.1) is 23.5 Å². The Bertz CT molecular complexity index is 801. The summed E-state index contributed by atoms with van der Waals surface area (Å²) in [7, 11) is -0.291. The Morgan fingerprint density at radius 3 is 1.38 bits per heavy atom. The Kier molecular flexibility index (Phi) is 19.8. The zero-order valence-corrected chi connectivity index (χ0v) is 35.2. The Balaban J connectivity index is 0.00000281. The van der Waals surface area contributed by atoms with E-state index in [0.717, 1.165) is 50.8 Å². The van der Waals surface area contributed by atoms with Crippen LogP contribution in [0.3, 0.4) is 0 Å². The van der Waals surface area contributed by atoms with Crippen LogP contribution in [0.5, 0.6) is 0 Å². The van der Waals surface area contributed by atoms with Gasteiger partial charge in [-0.15, -0.1) is 23.2 Å². The molecular formula is C33H62Br2Cl2N2NiOSi. The Labute approximate surface area is 291 Å². The molecule has 4 atom stereocenters. The van der Waals surface area contributed by atoms with E-state index in [4.69, 9.17) is 37.6 Å². The summed E-state index contributed by atoms with van der Waals surface area (Å²) in [6.07, 6.45) is 6.16. The van der Waals surface area contributed by atoms with Crippen molar-refractivity contribution >= 4 is 71.4 Å². The third-order valence-electron chi connectivity index (χ3n) is 9.45. The minimum atomic E-state index is -1.54. The molecule has 0 saturated heterocycles. The molecule has 0 aromatic rings. The molecule has 0 spiro atoms. The van der Waals surface area contributed by atoms with Crippen molar-refractivity contribution in [1.29, 1.82) is 0 Å². The van der Waals surface area contributed by atoms with E-state index in [9.17, 15) is 0 Å². The van der Waals surface area contributed by atoms with E-state index in [-0.39, 0.29) is 10.8 Å². The number of rotatable bonds is 12. The molecule has 2 aliphatic carbocycles. The summed E-state index contributed by atoms with van der Waals surface area (Å²) in [5.41, 5.74) is 2.36. The molecule has 3 nitrogen and oxygen atoms in total. The van der Waals surface area contributed by atoms with Gasteiger partial charge in [-0.3, -0.25) is 9.98 Å². The molecule has 2 saturated carbocycles. The van der Waals surface area contributed by atoms with Crippen LogP contribution < -0.4 is 0 Å². The van der Waals surface area contributed by atoms with E-state index in [1.807, 2.05) is 0 Å². The average Bonchev–Trinajstić information content (AvgIpc) is 2.86. The van der Waals surface area contributed by atoms with Crippen LogP contribution in [-0.2, 0) is 15.3 Å². The van der Waals surface area contributed by atoms with Crippen LogP contribution in [0.4, 0.5) is 0 Å². The fourth-order valence-corrected chi connectivity index (χ4v) is 8.63. The quantitative estimate of drug-likeness (QED) is 0.0836. The van der Waals surface area contributed by atoms with E-state index in [2.05, 4.69) is 110 Å². The average molecular weight is 820 g/mol. The topological polar surface area (TPSA) is 34.0 Å². The summed E-state index contributed by atoms with van der Waals surface area (Å²) in [5, 5.41) is 0.511. The number of hydrogen-bond donors (Lipinski definition) is 0. The van der Waals surface area contributed by atoms with Crippen molar-refractivity contribution in [1.82, 2.24) is 0 Å². The molecule has 0 aliphatic heterocycles. The van der Waals surface area contributed by atoms with Gasteiger partial charge in [0.25, 0.3) is 0 Å². The summed E-state index contributed by atoms with van der Waals surface area (Å²) in [5.74, 6) is 4.29. The molecule has 2 fully saturated rings. The van der Waals surface area contributed by atoms with Crippen LogP contribution in [0.1, 0.15) is 101 Å². The molecule has 0 aromatic heterocycles. The summed E-state index contributed by atoms with van der Waals surface area (Å²) in [6.45, 7) is 28.7. The maximum absolute atomic E-state index is 6.84. The molecule has 0 radical (unpaired) electrons. The van der Waals surface area contributed by atoms with Gasteiger partial charge in [0.15, 0.2) is 8.32 Å². The van der Waals surface area contributed by atoms with Crippen molar-refractivity contribution in [3.05, 3.63) is 0 Å². The summed E-state index contributed by atoms with van der Waals surface area (Å²) in [6, 6.07) is 0.613.